The Morgan fingerprint density at radius 3 is 2.55 bits per heavy atom. The van der Waals surface area contributed by atoms with Gasteiger partial charge in [-0.3, -0.25) is 0 Å². The molecule has 0 aliphatic rings. The van der Waals surface area contributed by atoms with E-state index in [-0.39, 0.29) is 12.0 Å². The van der Waals surface area contributed by atoms with E-state index in [4.69, 9.17) is 10.00 Å². The van der Waals surface area contributed by atoms with Crippen LogP contribution in [0.15, 0.2) is 12.2 Å². The van der Waals surface area contributed by atoms with Crippen LogP contribution in [0.3, 0.4) is 0 Å². The molecule has 0 saturated carbocycles. The normalized spacial score (nSPS) is 13.7. The summed E-state index contributed by atoms with van der Waals surface area (Å²) in [6.07, 6.45) is 3.53. The van der Waals surface area contributed by atoms with Crippen molar-refractivity contribution in [3.63, 3.8) is 0 Å². The maximum atomic E-state index is 8.60. The molecule has 0 amide bonds. The monoisotopic (exact) mass is 153 g/mol. The summed E-state index contributed by atoms with van der Waals surface area (Å²) in [5.74, 6) is 0.269. The Morgan fingerprint density at radius 1 is 1.55 bits per heavy atom. The van der Waals surface area contributed by atoms with Crippen molar-refractivity contribution in [2.24, 2.45) is 5.92 Å². The lowest BCUT2D eigenvalue weighted by atomic mass is 10.1. The molecule has 0 heterocycles. The van der Waals surface area contributed by atoms with E-state index in [0.29, 0.717) is 6.61 Å². The minimum absolute atomic E-state index is 0.269. The van der Waals surface area contributed by atoms with Crippen molar-refractivity contribution in [2.75, 3.05) is 6.61 Å². The minimum Gasteiger partial charge on any atom is -0.359 e. The molecule has 2 nitrogen and oxygen atoms in total. The molecule has 0 aliphatic heterocycles. The van der Waals surface area contributed by atoms with Crippen LogP contribution in [0, 0.1) is 17.2 Å². The van der Waals surface area contributed by atoms with Gasteiger partial charge in [0.2, 0.25) is 0 Å². The molecule has 0 fully saturated rings. The van der Waals surface area contributed by atoms with Gasteiger partial charge < -0.3 is 4.74 Å². The summed E-state index contributed by atoms with van der Waals surface area (Å²) in [4.78, 5) is 0. The van der Waals surface area contributed by atoms with Gasteiger partial charge >= 0.3 is 0 Å². The van der Waals surface area contributed by atoms with Gasteiger partial charge in [-0.15, -0.1) is 0 Å². The Kier molecular flexibility index (Phi) is 5.50. The first-order chi connectivity index (χ1) is 5.22. The van der Waals surface area contributed by atoms with Gasteiger partial charge in [-0.1, -0.05) is 26.0 Å². The lowest BCUT2D eigenvalue weighted by molar-refractivity contribution is 0.0812. The molecule has 0 radical (unpaired) electrons. The van der Waals surface area contributed by atoms with Crippen LogP contribution in [-0.4, -0.2) is 12.7 Å². The molecule has 0 rings (SSSR count). The molecule has 0 saturated heterocycles. The van der Waals surface area contributed by atoms with Crippen LogP contribution in [-0.2, 0) is 4.74 Å². The highest BCUT2D eigenvalue weighted by atomic mass is 16.5. The maximum absolute atomic E-state index is 8.60. The molecule has 1 atom stereocenters. The van der Waals surface area contributed by atoms with Gasteiger partial charge in [0.15, 0.2) is 0 Å². The quantitative estimate of drug-likeness (QED) is 0.579. The second-order valence-electron chi connectivity index (χ2n) is 2.70. The summed E-state index contributed by atoms with van der Waals surface area (Å²) < 4.78 is 5.25. The van der Waals surface area contributed by atoms with Crippen LogP contribution in [0.5, 0.6) is 0 Å². The highest BCUT2D eigenvalue weighted by molar-refractivity contribution is 4.88. The molecular formula is C9H15NO. The first kappa shape index (κ1) is 10.2. The van der Waals surface area contributed by atoms with E-state index < -0.39 is 0 Å². The summed E-state index contributed by atoms with van der Waals surface area (Å²) >= 11 is 0. The number of ether oxygens (including phenoxy) is 1. The van der Waals surface area contributed by atoms with Crippen LogP contribution in [0.1, 0.15) is 20.8 Å². The molecule has 0 aromatic rings. The van der Waals surface area contributed by atoms with Crippen LogP contribution in [0.2, 0.25) is 0 Å². The molecule has 0 aromatic carbocycles. The van der Waals surface area contributed by atoms with Gasteiger partial charge in [0.25, 0.3) is 0 Å². The molecule has 11 heavy (non-hydrogen) atoms. The van der Waals surface area contributed by atoms with Crippen LogP contribution < -0.4 is 0 Å². The molecule has 1 unspecified atom stereocenters. The molecule has 0 spiro atoms. The third-order valence-electron chi connectivity index (χ3n) is 1.34. The molecule has 0 aliphatic carbocycles. The van der Waals surface area contributed by atoms with E-state index in [1.54, 1.807) is 0 Å². The van der Waals surface area contributed by atoms with Crippen molar-refractivity contribution in [1.29, 1.82) is 5.26 Å². The van der Waals surface area contributed by atoms with Gasteiger partial charge in [0.05, 0.1) is 12.7 Å². The molecule has 0 N–H and O–H groups in total. The number of nitriles is 1. The zero-order valence-electron chi connectivity index (χ0n) is 7.37. The van der Waals surface area contributed by atoms with Gasteiger partial charge in [-0.25, -0.2) is 0 Å². The third kappa shape index (κ3) is 4.58. The Balaban J connectivity index is 3.63. The number of rotatable bonds is 4. The van der Waals surface area contributed by atoms with Crippen LogP contribution in [0.4, 0.5) is 0 Å². The van der Waals surface area contributed by atoms with E-state index in [0.717, 1.165) is 0 Å². The minimum atomic E-state index is -0.272. The van der Waals surface area contributed by atoms with Crippen molar-refractivity contribution >= 4 is 0 Å². The summed E-state index contributed by atoms with van der Waals surface area (Å²) in [5, 5.41) is 8.60. The predicted molar refractivity (Wildman–Crippen MR) is 45.0 cm³/mol. The highest BCUT2D eigenvalue weighted by Gasteiger charge is 2.10. The standard InChI is InChI=1S/C9H15NO/c1-4-5-6-11-9(7-10)8(2)3/h4-5,8-9H,6H2,1-3H3/b5-4+. The first-order valence-electron chi connectivity index (χ1n) is 3.84. The van der Waals surface area contributed by atoms with Crippen molar-refractivity contribution in [1.82, 2.24) is 0 Å². The van der Waals surface area contributed by atoms with Gasteiger partial charge in [0.1, 0.15) is 6.10 Å². The number of nitrogens with zero attached hydrogens (tertiary/aromatic N) is 1. The third-order valence-corrected chi connectivity index (χ3v) is 1.34. The Labute approximate surface area is 68.5 Å². The molecule has 62 valence electrons. The average Bonchev–Trinajstić information content (AvgIpc) is 1.97. The Bertz CT molecular complexity index is 155. The van der Waals surface area contributed by atoms with E-state index in [2.05, 4.69) is 6.07 Å². The van der Waals surface area contributed by atoms with Crippen molar-refractivity contribution < 1.29 is 4.74 Å². The van der Waals surface area contributed by atoms with E-state index in [9.17, 15) is 0 Å². The molecular weight excluding hydrogens is 138 g/mol. The lowest BCUT2D eigenvalue weighted by Crippen LogP contribution is -2.17. The largest absolute Gasteiger partial charge is 0.359 e. The Morgan fingerprint density at radius 2 is 2.18 bits per heavy atom. The summed E-state index contributed by atoms with van der Waals surface area (Å²) in [7, 11) is 0. The predicted octanol–water partition coefficient (Wildman–Crippen LogP) is 2.13. The maximum Gasteiger partial charge on any atom is 0.146 e. The second kappa shape index (κ2) is 5.94. The average molecular weight is 153 g/mol. The van der Waals surface area contributed by atoms with E-state index in [1.807, 2.05) is 32.9 Å². The zero-order valence-corrected chi connectivity index (χ0v) is 7.37. The topological polar surface area (TPSA) is 33.0 Å². The second-order valence-corrected chi connectivity index (χ2v) is 2.70. The Hall–Kier alpha value is -0.810. The highest BCUT2D eigenvalue weighted by Crippen LogP contribution is 2.04. The fraction of sp³-hybridized carbons (Fsp3) is 0.667. The van der Waals surface area contributed by atoms with Gasteiger partial charge in [-0.2, -0.15) is 5.26 Å². The van der Waals surface area contributed by atoms with Crippen molar-refractivity contribution in [2.45, 2.75) is 26.9 Å². The summed E-state index contributed by atoms with van der Waals surface area (Å²) in [6.45, 7) is 6.42. The van der Waals surface area contributed by atoms with E-state index in [1.165, 1.54) is 0 Å². The number of allylic oxidation sites excluding steroid dienone is 1. The van der Waals surface area contributed by atoms with Crippen molar-refractivity contribution in [3.8, 4) is 6.07 Å². The fourth-order valence-corrected chi connectivity index (χ4v) is 0.634. The molecule has 0 aromatic heterocycles. The van der Waals surface area contributed by atoms with Gasteiger partial charge in [0, 0.05) is 0 Å². The molecule has 2 heteroatoms. The molecule has 0 bridgehead atoms. The lowest BCUT2D eigenvalue weighted by Gasteiger charge is -2.11. The fourth-order valence-electron chi connectivity index (χ4n) is 0.634. The van der Waals surface area contributed by atoms with E-state index >= 15 is 0 Å². The SMILES string of the molecule is C/C=C/COC(C#N)C(C)C. The van der Waals surface area contributed by atoms with Gasteiger partial charge in [-0.05, 0) is 12.8 Å². The van der Waals surface area contributed by atoms with Crippen LogP contribution >= 0.6 is 0 Å². The zero-order chi connectivity index (χ0) is 8.69. The summed E-state index contributed by atoms with van der Waals surface area (Å²) in [5.41, 5.74) is 0. The number of hydrogen-bond donors (Lipinski definition) is 0. The summed E-state index contributed by atoms with van der Waals surface area (Å²) in [6, 6.07) is 2.10. The van der Waals surface area contributed by atoms with Crippen molar-refractivity contribution in [3.05, 3.63) is 12.2 Å². The smallest absolute Gasteiger partial charge is 0.146 e. The number of hydrogen-bond acceptors (Lipinski definition) is 2. The first-order valence-corrected chi connectivity index (χ1v) is 3.84. The van der Waals surface area contributed by atoms with Crippen LogP contribution in [0.25, 0.3) is 0 Å².